The number of halogens is 2. The standard InChI is InChI=1S/C24H30F2N4O3/c1-3-33-12-9-27-22(31)19-7-6-18(13-16(19)2)30-10-4-5-17-14-20(28-21(17)30)23(32)29-11-8-24(25,26)15-29/h6-7,13-14,28H,3-5,8-12,15H2,1-2H3,(H,27,31). The minimum absolute atomic E-state index is 0.0620. The number of amides is 2. The summed E-state index contributed by atoms with van der Waals surface area (Å²) in [6.07, 6.45) is 1.42. The molecule has 1 aromatic carbocycles. The Bertz CT molecular complexity index is 1040. The molecule has 0 unspecified atom stereocenters. The number of likely N-dealkylation sites (tertiary alicyclic amines) is 1. The van der Waals surface area contributed by atoms with Crippen LogP contribution < -0.4 is 10.2 Å². The second-order valence-electron chi connectivity index (χ2n) is 8.60. The van der Waals surface area contributed by atoms with Crippen molar-refractivity contribution in [3.05, 3.63) is 46.6 Å². The van der Waals surface area contributed by atoms with E-state index in [0.717, 1.165) is 42.0 Å². The third-order valence-corrected chi connectivity index (χ3v) is 6.16. The Morgan fingerprint density at radius 3 is 2.76 bits per heavy atom. The Hall–Kier alpha value is -2.94. The number of anilines is 2. The molecule has 0 atom stereocenters. The summed E-state index contributed by atoms with van der Waals surface area (Å²) >= 11 is 0. The van der Waals surface area contributed by atoms with Gasteiger partial charge >= 0.3 is 0 Å². The van der Waals surface area contributed by atoms with Gasteiger partial charge in [-0.25, -0.2) is 8.78 Å². The minimum atomic E-state index is -2.82. The SMILES string of the molecule is CCOCCNC(=O)c1ccc(N2CCCc3cc(C(=O)N4CCC(F)(F)C4)[nH]c32)cc1C. The number of carbonyl (C=O) groups excluding carboxylic acids is 2. The van der Waals surface area contributed by atoms with E-state index in [2.05, 4.69) is 15.2 Å². The molecule has 178 valence electrons. The van der Waals surface area contributed by atoms with Crippen LogP contribution in [0.25, 0.3) is 0 Å². The number of aryl methyl sites for hydroxylation is 2. The van der Waals surface area contributed by atoms with E-state index in [-0.39, 0.29) is 18.9 Å². The molecule has 2 aliphatic heterocycles. The zero-order chi connectivity index (χ0) is 23.6. The first-order valence-electron chi connectivity index (χ1n) is 11.4. The molecule has 2 aliphatic rings. The molecule has 9 heteroatoms. The molecule has 7 nitrogen and oxygen atoms in total. The van der Waals surface area contributed by atoms with Crippen molar-refractivity contribution in [2.45, 2.75) is 39.0 Å². The van der Waals surface area contributed by atoms with Gasteiger partial charge in [0.2, 0.25) is 0 Å². The van der Waals surface area contributed by atoms with Gasteiger partial charge in [-0.2, -0.15) is 0 Å². The van der Waals surface area contributed by atoms with Crippen molar-refractivity contribution in [1.82, 2.24) is 15.2 Å². The van der Waals surface area contributed by atoms with Crippen molar-refractivity contribution in [2.24, 2.45) is 0 Å². The lowest BCUT2D eigenvalue weighted by molar-refractivity contribution is 0.0119. The average molecular weight is 461 g/mol. The number of alkyl halides is 2. The van der Waals surface area contributed by atoms with Crippen LogP contribution in [-0.4, -0.2) is 67.0 Å². The van der Waals surface area contributed by atoms with E-state index < -0.39 is 18.4 Å². The van der Waals surface area contributed by atoms with E-state index in [9.17, 15) is 18.4 Å². The van der Waals surface area contributed by atoms with Crippen LogP contribution in [0.4, 0.5) is 20.3 Å². The number of hydrogen-bond donors (Lipinski definition) is 2. The Morgan fingerprint density at radius 2 is 2.06 bits per heavy atom. The van der Waals surface area contributed by atoms with Crippen LogP contribution in [0, 0.1) is 6.92 Å². The van der Waals surface area contributed by atoms with Gasteiger partial charge in [0.1, 0.15) is 11.5 Å². The predicted octanol–water partition coefficient (Wildman–Crippen LogP) is 3.65. The lowest BCUT2D eigenvalue weighted by Crippen LogP contribution is -2.31. The number of carbonyl (C=O) groups is 2. The molecule has 0 saturated carbocycles. The Labute approximate surface area is 192 Å². The Morgan fingerprint density at radius 1 is 1.24 bits per heavy atom. The molecule has 0 radical (unpaired) electrons. The molecule has 2 amide bonds. The van der Waals surface area contributed by atoms with Gasteiger partial charge in [0.25, 0.3) is 17.7 Å². The van der Waals surface area contributed by atoms with E-state index in [1.807, 2.05) is 26.0 Å². The maximum absolute atomic E-state index is 13.6. The fraction of sp³-hybridized carbons (Fsp3) is 0.500. The largest absolute Gasteiger partial charge is 0.380 e. The number of benzene rings is 1. The van der Waals surface area contributed by atoms with Crippen molar-refractivity contribution in [3.8, 4) is 0 Å². The first-order valence-corrected chi connectivity index (χ1v) is 11.4. The number of nitrogens with one attached hydrogen (secondary N) is 2. The van der Waals surface area contributed by atoms with Gasteiger partial charge in [0, 0.05) is 43.9 Å². The summed E-state index contributed by atoms with van der Waals surface area (Å²) in [4.78, 5) is 31.7. The van der Waals surface area contributed by atoms with Crippen LogP contribution in [0.5, 0.6) is 0 Å². The lowest BCUT2D eigenvalue weighted by atomic mass is 10.0. The predicted molar refractivity (Wildman–Crippen MR) is 122 cm³/mol. The molecule has 3 heterocycles. The number of nitrogens with zero attached hydrogens (tertiary/aromatic N) is 2. The third-order valence-electron chi connectivity index (χ3n) is 6.16. The molecule has 1 fully saturated rings. The highest BCUT2D eigenvalue weighted by molar-refractivity contribution is 5.96. The monoisotopic (exact) mass is 460 g/mol. The number of rotatable bonds is 7. The van der Waals surface area contributed by atoms with Gasteiger partial charge in [-0.1, -0.05) is 0 Å². The highest BCUT2D eigenvalue weighted by Crippen LogP contribution is 2.35. The molecular formula is C24H30F2N4O3. The van der Waals surface area contributed by atoms with Crippen molar-refractivity contribution < 1.29 is 23.1 Å². The molecule has 4 rings (SSSR count). The van der Waals surface area contributed by atoms with Crippen LogP contribution >= 0.6 is 0 Å². The van der Waals surface area contributed by atoms with Crippen molar-refractivity contribution in [1.29, 1.82) is 0 Å². The summed E-state index contributed by atoms with van der Waals surface area (Å²) < 4.78 is 32.4. The van der Waals surface area contributed by atoms with Gasteiger partial charge in [-0.05, 0) is 62.1 Å². The highest BCUT2D eigenvalue weighted by Gasteiger charge is 2.41. The zero-order valence-electron chi connectivity index (χ0n) is 19.0. The number of fused-ring (bicyclic) bond motifs is 1. The van der Waals surface area contributed by atoms with Gasteiger partial charge in [0.05, 0.1) is 13.2 Å². The molecule has 2 N–H and O–H groups in total. The molecule has 0 bridgehead atoms. The smallest absolute Gasteiger partial charge is 0.270 e. The van der Waals surface area contributed by atoms with Gasteiger partial charge < -0.3 is 24.8 Å². The lowest BCUT2D eigenvalue weighted by Gasteiger charge is -2.29. The van der Waals surface area contributed by atoms with E-state index in [1.54, 1.807) is 12.1 Å². The number of aromatic amines is 1. The van der Waals surface area contributed by atoms with Crippen molar-refractivity contribution in [3.63, 3.8) is 0 Å². The summed E-state index contributed by atoms with van der Waals surface area (Å²) in [7, 11) is 0. The zero-order valence-corrected chi connectivity index (χ0v) is 19.0. The number of ether oxygens (including phenoxy) is 1. The summed E-state index contributed by atoms with van der Waals surface area (Å²) in [6, 6.07) is 7.43. The normalized spacial score (nSPS) is 17.2. The quantitative estimate of drug-likeness (QED) is 0.619. The van der Waals surface area contributed by atoms with Crippen LogP contribution in [0.2, 0.25) is 0 Å². The van der Waals surface area contributed by atoms with Crippen LogP contribution in [0.3, 0.4) is 0 Å². The number of hydrogen-bond acceptors (Lipinski definition) is 4. The molecule has 1 saturated heterocycles. The maximum Gasteiger partial charge on any atom is 0.270 e. The fourth-order valence-electron chi connectivity index (χ4n) is 4.46. The fourth-order valence-corrected chi connectivity index (χ4v) is 4.46. The maximum atomic E-state index is 13.6. The number of H-pyrrole nitrogens is 1. The average Bonchev–Trinajstić information content (AvgIpc) is 3.38. The Balaban J connectivity index is 1.50. The van der Waals surface area contributed by atoms with Crippen LogP contribution in [0.1, 0.15) is 51.7 Å². The summed E-state index contributed by atoms with van der Waals surface area (Å²) in [5, 5.41) is 2.86. The second-order valence-corrected chi connectivity index (χ2v) is 8.60. The minimum Gasteiger partial charge on any atom is -0.380 e. The molecular weight excluding hydrogens is 430 g/mol. The third kappa shape index (κ3) is 5.03. The van der Waals surface area contributed by atoms with E-state index in [1.165, 1.54) is 4.90 Å². The van der Waals surface area contributed by atoms with Crippen LogP contribution in [0.15, 0.2) is 24.3 Å². The highest BCUT2D eigenvalue weighted by atomic mass is 19.3. The van der Waals surface area contributed by atoms with Crippen LogP contribution in [-0.2, 0) is 11.2 Å². The summed E-state index contributed by atoms with van der Waals surface area (Å²) in [6.45, 7) is 5.61. The van der Waals surface area contributed by atoms with E-state index in [4.69, 9.17) is 4.74 Å². The van der Waals surface area contributed by atoms with Gasteiger partial charge in [-0.3, -0.25) is 9.59 Å². The molecule has 33 heavy (non-hydrogen) atoms. The van der Waals surface area contributed by atoms with Crippen molar-refractivity contribution in [2.75, 3.05) is 44.3 Å². The molecule has 0 spiro atoms. The van der Waals surface area contributed by atoms with Gasteiger partial charge in [-0.15, -0.1) is 0 Å². The first-order chi connectivity index (χ1) is 15.8. The molecule has 0 aliphatic carbocycles. The van der Waals surface area contributed by atoms with Gasteiger partial charge in [0.15, 0.2) is 0 Å². The second kappa shape index (κ2) is 9.51. The topological polar surface area (TPSA) is 77.7 Å². The summed E-state index contributed by atoms with van der Waals surface area (Å²) in [5.41, 5.74) is 3.69. The van der Waals surface area contributed by atoms with Crippen molar-refractivity contribution >= 4 is 23.3 Å². The number of aromatic nitrogens is 1. The first kappa shape index (κ1) is 23.2. The van der Waals surface area contributed by atoms with E-state index in [0.29, 0.717) is 31.0 Å². The Kier molecular flexibility index (Phi) is 6.69. The molecule has 1 aromatic heterocycles. The summed E-state index contributed by atoms with van der Waals surface area (Å²) in [5.74, 6) is -2.54. The molecule has 2 aromatic rings. The van der Waals surface area contributed by atoms with E-state index >= 15 is 0 Å².